The van der Waals surface area contributed by atoms with Gasteiger partial charge >= 0.3 is 0 Å². The van der Waals surface area contributed by atoms with E-state index in [1.54, 1.807) is 0 Å². The molecule has 0 saturated heterocycles. The lowest BCUT2D eigenvalue weighted by atomic mass is 10.2. The Hall–Kier alpha value is -1.69. The van der Waals surface area contributed by atoms with E-state index in [0.29, 0.717) is 22.2 Å². The van der Waals surface area contributed by atoms with Crippen molar-refractivity contribution < 1.29 is 9.50 Å². The average Bonchev–Trinajstić information content (AvgIpc) is 2.36. The van der Waals surface area contributed by atoms with E-state index in [1.807, 2.05) is 6.92 Å². The van der Waals surface area contributed by atoms with Crippen LogP contribution in [0.15, 0.2) is 27.5 Å². The highest BCUT2D eigenvalue weighted by Crippen LogP contribution is 2.22. The SMILES string of the molecule is CCc1nc(-c2ccc(O)c(F)c2)[nH]c(=O)c1Br. The maximum absolute atomic E-state index is 13.2. The minimum atomic E-state index is -0.754. The predicted molar refractivity (Wildman–Crippen MR) is 69.0 cm³/mol. The number of aryl methyl sites for hydroxylation is 1. The highest BCUT2D eigenvalue weighted by atomic mass is 79.9. The average molecular weight is 313 g/mol. The number of H-pyrrole nitrogens is 1. The molecule has 0 aliphatic heterocycles. The Labute approximate surface area is 111 Å². The van der Waals surface area contributed by atoms with Gasteiger partial charge in [-0.15, -0.1) is 0 Å². The van der Waals surface area contributed by atoms with Gasteiger partial charge in [-0.3, -0.25) is 4.79 Å². The summed E-state index contributed by atoms with van der Waals surface area (Å²) in [5.74, 6) is -0.913. The van der Waals surface area contributed by atoms with Crippen LogP contribution in [0.25, 0.3) is 11.4 Å². The maximum Gasteiger partial charge on any atom is 0.265 e. The van der Waals surface area contributed by atoms with Crippen molar-refractivity contribution in [3.63, 3.8) is 0 Å². The lowest BCUT2D eigenvalue weighted by Crippen LogP contribution is -2.13. The van der Waals surface area contributed by atoms with Gasteiger partial charge in [0.15, 0.2) is 11.6 Å². The third-order valence-electron chi connectivity index (χ3n) is 2.49. The molecule has 0 spiro atoms. The summed E-state index contributed by atoms with van der Waals surface area (Å²) in [5, 5.41) is 9.12. The fourth-order valence-corrected chi connectivity index (χ4v) is 2.00. The molecule has 0 bridgehead atoms. The molecule has 1 aromatic heterocycles. The number of aromatic hydroxyl groups is 1. The monoisotopic (exact) mass is 312 g/mol. The van der Waals surface area contributed by atoms with Gasteiger partial charge in [-0.1, -0.05) is 6.92 Å². The number of aromatic nitrogens is 2. The lowest BCUT2D eigenvalue weighted by Gasteiger charge is -2.05. The minimum Gasteiger partial charge on any atom is -0.505 e. The zero-order valence-corrected chi connectivity index (χ0v) is 11.1. The Morgan fingerprint density at radius 1 is 1.50 bits per heavy atom. The molecule has 0 aliphatic rings. The Balaban J connectivity index is 2.60. The number of rotatable bonds is 2. The molecule has 1 heterocycles. The van der Waals surface area contributed by atoms with E-state index >= 15 is 0 Å². The van der Waals surface area contributed by atoms with Crippen LogP contribution in [0.2, 0.25) is 0 Å². The van der Waals surface area contributed by atoms with Gasteiger partial charge < -0.3 is 10.1 Å². The Kier molecular flexibility index (Phi) is 3.47. The third-order valence-corrected chi connectivity index (χ3v) is 3.31. The molecule has 2 rings (SSSR count). The number of benzene rings is 1. The molecule has 94 valence electrons. The molecule has 2 aromatic rings. The van der Waals surface area contributed by atoms with E-state index in [-0.39, 0.29) is 11.4 Å². The van der Waals surface area contributed by atoms with E-state index in [4.69, 9.17) is 5.11 Å². The zero-order chi connectivity index (χ0) is 13.3. The van der Waals surface area contributed by atoms with Gasteiger partial charge in [-0.05, 0) is 40.5 Å². The fraction of sp³-hybridized carbons (Fsp3) is 0.167. The molecule has 0 saturated carbocycles. The van der Waals surface area contributed by atoms with E-state index < -0.39 is 11.6 Å². The van der Waals surface area contributed by atoms with E-state index in [1.165, 1.54) is 12.1 Å². The second-order valence-corrected chi connectivity index (χ2v) is 4.49. The number of halogens is 2. The summed E-state index contributed by atoms with van der Waals surface area (Å²) in [6.45, 7) is 1.87. The van der Waals surface area contributed by atoms with Crippen LogP contribution in [0.1, 0.15) is 12.6 Å². The van der Waals surface area contributed by atoms with Crippen LogP contribution < -0.4 is 5.56 Å². The van der Waals surface area contributed by atoms with Crippen molar-refractivity contribution >= 4 is 15.9 Å². The summed E-state index contributed by atoms with van der Waals surface area (Å²) in [6.07, 6.45) is 0.581. The molecular formula is C12H10BrFN2O2. The first kappa shape index (κ1) is 12.8. The number of hydrogen-bond acceptors (Lipinski definition) is 3. The molecule has 0 fully saturated rings. The van der Waals surface area contributed by atoms with E-state index in [2.05, 4.69) is 25.9 Å². The number of phenolic OH excluding ortho intramolecular Hbond substituents is 1. The zero-order valence-electron chi connectivity index (χ0n) is 9.50. The Morgan fingerprint density at radius 3 is 2.83 bits per heavy atom. The quantitative estimate of drug-likeness (QED) is 0.895. The van der Waals surface area contributed by atoms with Crippen molar-refractivity contribution in [2.24, 2.45) is 0 Å². The van der Waals surface area contributed by atoms with E-state index in [0.717, 1.165) is 6.07 Å². The highest BCUT2D eigenvalue weighted by molar-refractivity contribution is 9.10. The summed E-state index contributed by atoms with van der Waals surface area (Å²) in [4.78, 5) is 18.5. The fourth-order valence-electron chi connectivity index (χ4n) is 1.53. The molecular weight excluding hydrogens is 303 g/mol. The molecule has 6 heteroatoms. The molecule has 0 atom stereocenters. The topological polar surface area (TPSA) is 66.0 Å². The van der Waals surface area contributed by atoms with Gasteiger partial charge in [-0.2, -0.15) is 0 Å². The molecule has 18 heavy (non-hydrogen) atoms. The summed E-state index contributed by atoms with van der Waals surface area (Å²) >= 11 is 3.15. The lowest BCUT2D eigenvalue weighted by molar-refractivity contribution is 0.432. The summed E-state index contributed by atoms with van der Waals surface area (Å²) in [5.41, 5.74) is 0.692. The first-order valence-electron chi connectivity index (χ1n) is 5.30. The Bertz CT molecular complexity index is 655. The number of phenols is 1. The van der Waals surface area contributed by atoms with Crippen molar-refractivity contribution in [2.75, 3.05) is 0 Å². The summed E-state index contributed by atoms with van der Waals surface area (Å²) in [6, 6.07) is 3.84. The molecule has 0 radical (unpaired) electrons. The largest absolute Gasteiger partial charge is 0.505 e. The number of nitrogens with zero attached hydrogens (tertiary/aromatic N) is 1. The van der Waals surface area contributed by atoms with E-state index in [9.17, 15) is 9.18 Å². The minimum absolute atomic E-state index is 0.277. The Morgan fingerprint density at radius 2 is 2.22 bits per heavy atom. The van der Waals surface area contributed by atoms with Gasteiger partial charge in [-0.25, -0.2) is 9.37 Å². The van der Waals surface area contributed by atoms with Crippen molar-refractivity contribution in [1.29, 1.82) is 0 Å². The molecule has 0 amide bonds. The number of nitrogens with one attached hydrogen (secondary N) is 1. The standard InChI is InChI=1S/C12H10BrFN2O2/c1-2-8-10(13)12(18)16-11(15-8)6-3-4-9(17)7(14)5-6/h3-5,17H,2H2,1H3,(H,15,16,18). The first-order valence-corrected chi connectivity index (χ1v) is 6.09. The van der Waals surface area contributed by atoms with Gasteiger partial charge in [0.1, 0.15) is 10.3 Å². The maximum atomic E-state index is 13.2. The molecule has 4 nitrogen and oxygen atoms in total. The second kappa shape index (κ2) is 4.89. The third kappa shape index (κ3) is 2.28. The molecule has 1 aromatic carbocycles. The predicted octanol–water partition coefficient (Wildman–Crippen LogP) is 2.61. The normalized spacial score (nSPS) is 10.6. The second-order valence-electron chi connectivity index (χ2n) is 3.69. The smallest absolute Gasteiger partial charge is 0.265 e. The first-order chi connectivity index (χ1) is 8.52. The molecule has 0 aliphatic carbocycles. The van der Waals surface area contributed by atoms with Crippen LogP contribution in [-0.2, 0) is 6.42 Å². The molecule has 2 N–H and O–H groups in total. The van der Waals surface area contributed by atoms with Gasteiger partial charge in [0.25, 0.3) is 5.56 Å². The van der Waals surface area contributed by atoms with Crippen LogP contribution in [0.4, 0.5) is 4.39 Å². The van der Waals surface area contributed by atoms with Gasteiger partial charge in [0, 0.05) is 5.56 Å². The summed E-state index contributed by atoms with van der Waals surface area (Å²) in [7, 11) is 0. The van der Waals surface area contributed by atoms with Gasteiger partial charge in [0.05, 0.1) is 5.69 Å². The van der Waals surface area contributed by atoms with Crippen LogP contribution >= 0.6 is 15.9 Å². The van der Waals surface area contributed by atoms with Crippen LogP contribution in [0.5, 0.6) is 5.75 Å². The van der Waals surface area contributed by atoms with Crippen molar-refractivity contribution in [1.82, 2.24) is 9.97 Å². The highest BCUT2D eigenvalue weighted by Gasteiger charge is 2.10. The number of hydrogen-bond donors (Lipinski definition) is 2. The van der Waals surface area contributed by atoms with Crippen LogP contribution in [-0.4, -0.2) is 15.1 Å². The van der Waals surface area contributed by atoms with Crippen molar-refractivity contribution in [3.8, 4) is 17.1 Å². The summed E-state index contributed by atoms with van der Waals surface area (Å²) < 4.78 is 13.6. The van der Waals surface area contributed by atoms with Crippen LogP contribution in [0, 0.1) is 5.82 Å². The number of aromatic amines is 1. The van der Waals surface area contributed by atoms with Crippen LogP contribution in [0.3, 0.4) is 0 Å². The van der Waals surface area contributed by atoms with Gasteiger partial charge in [0.2, 0.25) is 0 Å². The van der Waals surface area contributed by atoms with Crippen molar-refractivity contribution in [2.45, 2.75) is 13.3 Å². The van der Waals surface area contributed by atoms with Crippen molar-refractivity contribution in [3.05, 3.63) is 44.5 Å². The molecule has 0 unspecified atom stereocenters.